The molecular weight excluding hydrogens is 392 g/mol. The largest absolute Gasteiger partial charge is 0.493 e. The van der Waals surface area contributed by atoms with Crippen molar-refractivity contribution in [3.63, 3.8) is 0 Å². The van der Waals surface area contributed by atoms with Gasteiger partial charge in [0.2, 0.25) is 5.76 Å². The van der Waals surface area contributed by atoms with Crippen LogP contribution in [0.4, 0.5) is 0 Å². The molecule has 0 atom stereocenters. The van der Waals surface area contributed by atoms with E-state index < -0.39 is 9.84 Å². The number of para-hydroxylation sites is 1. The van der Waals surface area contributed by atoms with E-state index in [1.165, 1.54) is 6.08 Å². The summed E-state index contributed by atoms with van der Waals surface area (Å²) in [6, 6.07) is 9.13. The van der Waals surface area contributed by atoms with Crippen LogP contribution in [0.25, 0.3) is 11.3 Å². The van der Waals surface area contributed by atoms with Gasteiger partial charge in [-0.3, -0.25) is 4.79 Å². The summed E-state index contributed by atoms with van der Waals surface area (Å²) in [4.78, 5) is 14.8. The van der Waals surface area contributed by atoms with Crippen LogP contribution in [0.15, 0.2) is 46.3 Å². The van der Waals surface area contributed by atoms with Crippen molar-refractivity contribution in [3.8, 4) is 17.0 Å². The Bertz CT molecular complexity index is 974. The lowest BCUT2D eigenvalue weighted by atomic mass is 10.1. The number of hydrogen-bond donors (Lipinski definition) is 0. The Kier molecular flexibility index (Phi) is 6.74. The molecule has 29 heavy (non-hydrogen) atoms. The zero-order chi connectivity index (χ0) is 20.9. The minimum atomic E-state index is -3.24. The fourth-order valence-corrected chi connectivity index (χ4v) is 3.98. The Morgan fingerprint density at radius 2 is 2.03 bits per heavy atom. The summed E-state index contributed by atoms with van der Waals surface area (Å²) >= 11 is 0. The number of sulfone groups is 1. The minimum Gasteiger partial charge on any atom is -0.493 e. The van der Waals surface area contributed by atoms with Gasteiger partial charge in [-0.15, -0.1) is 0 Å². The second-order valence-corrected chi connectivity index (χ2v) is 9.03. The van der Waals surface area contributed by atoms with E-state index in [1.54, 1.807) is 11.0 Å². The standard InChI is InChI=1S/C21H26N2O5S/c1-3-27-19-12-7-6-11-17(19)18-15-20(28-22-18)21(24)23(16-9-4-5-10-16)13-8-14-29(2,25)26/h6-8,11-12,14-16H,3-5,9-10,13H2,1-2H3/b14-8+. The van der Waals surface area contributed by atoms with Crippen molar-refractivity contribution < 1.29 is 22.5 Å². The maximum absolute atomic E-state index is 13.1. The fourth-order valence-electron chi connectivity index (χ4n) is 3.55. The smallest absolute Gasteiger partial charge is 0.293 e. The molecule has 1 aliphatic carbocycles. The van der Waals surface area contributed by atoms with E-state index in [0.29, 0.717) is 18.1 Å². The summed E-state index contributed by atoms with van der Waals surface area (Å²) in [5.74, 6) is 0.514. The van der Waals surface area contributed by atoms with E-state index in [2.05, 4.69) is 5.16 Å². The lowest BCUT2D eigenvalue weighted by Gasteiger charge is -2.26. The zero-order valence-electron chi connectivity index (χ0n) is 16.7. The Morgan fingerprint density at radius 1 is 1.31 bits per heavy atom. The fraction of sp³-hybridized carbons (Fsp3) is 0.429. The highest BCUT2D eigenvalue weighted by molar-refractivity contribution is 7.93. The molecule has 1 saturated carbocycles. The lowest BCUT2D eigenvalue weighted by Crippen LogP contribution is -2.38. The van der Waals surface area contributed by atoms with Gasteiger partial charge < -0.3 is 14.2 Å². The number of nitrogens with zero attached hydrogens (tertiary/aromatic N) is 2. The van der Waals surface area contributed by atoms with Gasteiger partial charge in [-0.2, -0.15) is 0 Å². The number of ether oxygens (including phenoxy) is 1. The van der Waals surface area contributed by atoms with Gasteiger partial charge in [-0.25, -0.2) is 8.42 Å². The highest BCUT2D eigenvalue weighted by atomic mass is 32.2. The summed E-state index contributed by atoms with van der Waals surface area (Å²) in [5.41, 5.74) is 1.27. The summed E-state index contributed by atoms with van der Waals surface area (Å²) in [5, 5.41) is 5.19. The summed E-state index contributed by atoms with van der Waals surface area (Å²) in [6.07, 6.45) is 6.53. The molecule has 0 spiro atoms. The van der Waals surface area contributed by atoms with Gasteiger partial charge in [0.1, 0.15) is 11.4 Å². The minimum absolute atomic E-state index is 0.0657. The average molecular weight is 419 g/mol. The topological polar surface area (TPSA) is 89.7 Å². The number of benzene rings is 1. The number of amides is 1. The summed E-state index contributed by atoms with van der Waals surface area (Å²) in [6.45, 7) is 2.63. The van der Waals surface area contributed by atoms with Gasteiger partial charge >= 0.3 is 0 Å². The molecular formula is C21H26N2O5S. The van der Waals surface area contributed by atoms with Crippen molar-refractivity contribution in [2.75, 3.05) is 19.4 Å². The molecule has 0 N–H and O–H groups in total. The molecule has 0 unspecified atom stereocenters. The van der Waals surface area contributed by atoms with Crippen LogP contribution in [0.3, 0.4) is 0 Å². The molecule has 1 amide bonds. The first kappa shape index (κ1) is 21.1. The maximum Gasteiger partial charge on any atom is 0.293 e. The van der Waals surface area contributed by atoms with Crippen LogP contribution in [0.5, 0.6) is 5.75 Å². The van der Waals surface area contributed by atoms with E-state index in [4.69, 9.17) is 9.26 Å². The molecule has 7 nitrogen and oxygen atoms in total. The van der Waals surface area contributed by atoms with E-state index in [-0.39, 0.29) is 24.3 Å². The predicted molar refractivity (Wildman–Crippen MR) is 110 cm³/mol. The van der Waals surface area contributed by atoms with Crippen LogP contribution in [-0.4, -0.2) is 49.8 Å². The molecule has 1 aromatic heterocycles. The highest BCUT2D eigenvalue weighted by Gasteiger charge is 2.29. The zero-order valence-corrected chi connectivity index (χ0v) is 17.5. The van der Waals surface area contributed by atoms with E-state index >= 15 is 0 Å². The van der Waals surface area contributed by atoms with E-state index in [1.807, 2.05) is 31.2 Å². The first-order chi connectivity index (χ1) is 13.9. The van der Waals surface area contributed by atoms with E-state index in [0.717, 1.165) is 42.9 Å². The third kappa shape index (κ3) is 5.47. The molecule has 0 aliphatic heterocycles. The molecule has 1 aromatic carbocycles. The SMILES string of the molecule is CCOc1ccccc1-c1cc(C(=O)N(C/C=C/S(C)(=O)=O)C2CCCC2)on1. The number of hydrogen-bond acceptors (Lipinski definition) is 6. The Balaban J connectivity index is 1.84. The maximum atomic E-state index is 13.1. The molecule has 8 heteroatoms. The van der Waals surface area contributed by atoms with Crippen molar-refractivity contribution in [1.82, 2.24) is 10.1 Å². The number of carbonyl (C=O) groups is 1. The second-order valence-electron chi connectivity index (χ2n) is 7.10. The van der Waals surface area contributed by atoms with Gasteiger partial charge in [0, 0.05) is 35.9 Å². The van der Waals surface area contributed by atoms with Crippen molar-refractivity contribution in [2.24, 2.45) is 0 Å². The van der Waals surface area contributed by atoms with Crippen LogP contribution < -0.4 is 4.74 Å². The van der Waals surface area contributed by atoms with Gasteiger partial charge in [0.15, 0.2) is 9.84 Å². The van der Waals surface area contributed by atoms with Crippen molar-refractivity contribution in [2.45, 2.75) is 38.6 Å². The average Bonchev–Trinajstić information content (AvgIpc) is 3.37. The van der Waals surface area contributed by atoms with Crippen LogP contribution in [0, 0.1) is 0 Å². The monoisotopic (exact) mass is 418 g/mol. The number of aromatic nitrogens is 1. The van der Waals surface area contributed by atoms with Gasteiger partial charge in [0.25, 0.3) is 5.91 Å². The lowest BCUT2D eigenvalue weighted by molar-refractivity contribution is 0.0664. The third-order valence-corrected chi connectivity index (χ3v) is 5.54. The predicted octanol–water partition coefficient (Wildman–Crippen LogP) is 3.68. The molecule has 156 valence electrons. The van der Waals surface area contributed by atoms with Gasteiger partial charge in [-0.1, -0.05) is 36.2 Å². The molecule has 0 radical (unpaired) electrons. The normalized spacial score (nSPS) is 15.1. The summed E-state index contributed by atoms with van der Waals surface area (Å²) < 4.78 is 33.8. The molecule has 1 heterocycles. The van der Waals surface area contributed by atoms with E-state index in [9.17, 15) is 13.2 Å². The Labute approximate surface area is 171 Å². The quantitative estimate of drug-likeness (QED) is 0.650. The van der Waals surface area contributed by atoms with Crippen LogP contribution in [0.1, 0.15) is 43.2 Å². The Hall–Kier alpha value is -2.61. The van der Waals surface area contributed by atoms with Crippen molar-refractivity contribution >= 4 is 15.7 Å². The Morgan fingerprint density at radius 3 is 2.72 bits per heavy atom. The highest BCUT2D eigenvalue weighted by Crippen LogP contribution is 2.30. The number of carbonyl (C=O) groups excluding carboxylic acids is 1. The van der Waals surface area contributed by atoms with Crippen molar-refractivity contribution in [3.05, 3.63) is 47.6 Å². The molecule has 3 rings (SSSR count). The van der Waals surface area contributed by atoms with Crippen LogP contribution in [0.2, 0.25) is 0 Å². The number of rotatable bonds is 8. The second kappa shape index (κ2) is 9.26. The van der Waals surface area contributed by atoms with Crippen LogP contribution >= 0.6 is 0 Å². The van der Waals surface area contributed by atoms with Crippen molar-refractivity contribution in [1.29, 1.82) is 0 Å². The first-order valence-corrected chi connectivity index (χ1v) is 11.7. The molecule has 1 aliphatic rings. The molecule has 1 fully saturated rings. The molecule has 0 saturated heterocycles. The first-order valence-electron chi connectivity index (χ1n) is 9.75. The summed E-state index contributed by atoms with van der Waals surface area (Å²) in [7, 11) is -3.24. The van der Waals surface area contributed by atoms with Gasteiger partial charge in [-0.05, 0) is 31.9 Å². The van der Waals surface area contributed by atoms with Gasteiger partial charge in [0.05, 0.1) is 6.61 Å². The van der Waals surface area contributed by atoms with Crippen LogP contribution in [-0.2, 0) is 9.84 Å². The molecule has 2 aromatic rings. The molecule has 0 bridgehead atoms. The third-order valence-electron chi connectivity index (χ3n) is 4.86.